The molecular formula is C14H19NO6. The highest BCUT2D eigenvalue weighted by molar-refractivity contribution is 5.96. The number of hydrogen-bond acceptors (Lipinski definition) is 6. The van der Waals surface area contributed by atoms with E-state index in [1.807, 2.05) is 0 Å². The van der Waals surface area contributed by atoms with Crippen molar-refractivity contribution in [2.75, 3.05) is 20.7 Å². The summed E-state index contributed by atoms with van der Waals surface area (Å²) < 4.78 is 10.7. The predicted octanol–water partition coefficient (Wildman–Crippen LogP) is -0.794. The average molecular weight is 297 g/mol. The Bertz CT molecular complexity index is 506. The van der Waals surface area contributed by atoms with Gasteiger partial charge in [-0.3, -0.25) is 4.79 Å². The van der Waals surface area contributed by atoms with Crippen LogP contribution in [0, 0.1) is 0 Å². The molecule has 7 heteroatoms. The van der Waals surface area contributed by atoms with Crippen LogP contribution in [0.5, 0.6) is 5.75 Å². The fraction of sp³-hybridized carbons (Fsp3) is 0.500. The van der Waals surface area contributed by atoms with Crippen LogP contribution in [0.15, 0.2) is 24.3 Å². The summed E-state index contributed by atoms with van der Waals surface area (Å²) in [6, 6.07) is 6.55. The Morgan fingerprint density at radius 3 is 2.57 bits per heavy atom. The molecular weight excluding hydrogens is 278 g/mol. The van der Waals surface area contributed by atoms with E-state index in [0.717, 1.165) is 0 Å². The Morgan fingerprint density at radius 1 is 1.24 bits per heavy atom. The largest absolute Gasteiger partial charge is 0.461 e. The van der Waals surface area contributed by atoms with Crippen molar-refractivity contribution in [2.24, 2.45) is 0 Å². The number of hydrogen-bond donors (Lipinski definition) is 3. The van der Waals surface area contributed by atoms with Gasteiger partial charge in [-0.15, -0.1) is 0 Å². The summed E-state index contributed by atoms with van der Waals surface area (Å²) in [6.07, 6.45) is -5.09. The number of para-hydroxylation sites is 1. The average Bonchev–Trinajstić information content (AvgIpc) is 2.47. The van der Waals surface area contributed by atoms with Crippen LogP contribution in [0.2, 0.25) is 0 Å². The Balaban J connectivity index is 2.18. The molecule has 0 saturated carbocycles. The summed E-state index contributed by atoms with van der Waals surface area (Å²) in [6.45, 7) is -0.160. The van der Waals surface area contributed by atoms with Gasteiger partial charge in [0, 0.05) is 14.1 Å². The third-order valence-corrected chi connectivity index (χ3v) is 3.22. The minimum absolute atomic E-state index is 0.160. The molecule has 1 aromatic rings. The van der Waals surface area contributed by atoms with Crippen LogP contribution in [-0.2, 0) is 4.74 Å². The molecule has 4 atom stereocenters. The van der Waals surface area contributed by atoms with Gasteiger partial charge in [-0.05, 0) is 12.1 Å². The molecule has 1 amide bonds. The molecule has 1 aliphatic rings. The lowest BCUT2D eigenvalue weighted by Crippen LogP contribution is -2.54. The number of nitrogens with zero attached hydrogens (tertiary/aromatic N) is 1. The summed E-state index contributed by atoms with van der Waals surface area (Å²) in [5.41, 5.74) is 0.318. The molecule has 1 fully saturated rings. The van der Waals surface area contributed by atoms with Gasteiger partial charge in [0.05, 0.1) is 12.2 Å². The van der Waals surface area contributed by atoms with Crippen LogP contribution in [0.25, 0.3) is 0 Å². The maximum atomic E-state index is 12.1. The minimum Gasteiger partial charge on any atom is -0.461 e. The number of carbonyl (C=O) groups is 1. The van der Waals surface area contributed by atoms with Gasteiger partial charge in [0.25, 0.3) is 5.91 Å². The van der Waals surface area contributed by atoms with Crippen LogP contribution in [0.4, 0.5) is 0 Å². The second-order valence-corrected chi connectivity index (χ2v) is 5.06. The minimum atomic E-state index is -1.41. The first-order valence-corrected chi connectivity index (χ1v) is 6.55. The van der Waals surface area contributed by atoms with Gasteiger partial charge >= 0.3 is 0 Å². The molecule has 1 saturated heterocycles. The van der Waals surface area contributed by atoms with Crippen LogP contribution >= 0.6 is 0 Å². The highest BCUT2D eigenvalue weighted by atomic mass is 16.7. The van der Waals surface area contributed by atoms with Crippen LogP contribution in [0.3, 0.4) is 0 Å². The molecule has 0 aliphatic carbocycles. The van der Waals surface area contributed by atoms with E-state index in [2.05, 4.69) is 0 Å². The summed E-state index contributed by atoms with van der Waals surface area (Å²) in [4.78, 5) is 13.5. The van der Waals surface area contributed by atoms with E-state index >= 15 is 0 Å². The van der Waals surface area contributed by atoms with Gasteiger partial charge in [0.15, 0.2) is 0 Å². The first kappa shape index (κ1) is 15.7. The molecule has 116 valence electrons. The number of ether oxygens (including phenoxy) is 2. The van der Waals surface area contributed by atoms with Gasteiger partial charge in [0.2, 0.25) is 6.29 Å². The fourth-order valence-electron chi connectivity index (χ4n) is 2.00. The van der Waals surface area contributed by atoms with Crippen molar-refractivity contribution in [2.45, 2.75) is 24.6 Å². The van der Waals surface area contributed by atoms with E-state index in [0.29, 0.717) is 5.56 Å². The standard InChI is InChI=1S/C14H19NO6/c1-15(2)13(19)8-5-3-4-6-10(8)21-14-12(18)11(17)9(16)7-20-14/h3-6,9,11-12,14,16-18H,7H2,1-2H3/t9-,11-,12+,14-/m0/s1. The Hall–Kier alpha value is -1.67. The second-order valence-electron chi connectivity index (χ2n) is 5.06. The van der Waals surface area contributed by atoms with Crippen LogP contribution < -0.4 is 4.74 Å². The number of carbonyl (C=O) groups excluding carboxylic acids is 1. The quantitative estimate of drug-likeness (QED) is 0.676. The zero-order valence-corrected chi connectivity index (χ0v) is 11.8. The number of rotatable bonds is 3. The van der Waals surface area contributed by atoms with E-state index in [4.69, 9.17) is 9.47 Å². The van der Waals surface area contributed by atoms with Gasteiger partial charge < -0.3 is 29.7 Å². The van der Waals surface area contributed by atoms with Crippen molar-refractivity contribution in [3.63, 3.8) is 0 Å². The maximum absolute atomic E-state index is 12.1. The van der Waals surface area contributed by atoms with Crippen molar-refractivity contribution >= 4 is 5.91 Å². The maximum Gasteiger partial charge on any atom is 0.257 e. The highest BCUT2D eigenvalue weighted by Crippen LogP contribution is 2.24. The van der Waals surface area contributed by atoms with E-state index in [9.17, 15) is 20.1 Å². The molecule has 1 heterocycles. The first-order chi connectivity index (χ1) is 9.91. The molecule has 0 unspecified atom stereocenters. The summed E-state index contributed by atoms with van der Waals surface area (Å²) in [5, 5.41) is 28.9. The Kier molecular flexibility index (Phi) is 4.79. The monoisotopic (exact) mass is 297 g/mol. The van der Waals surface area contributed by atoms with E-state index in [-0.39, 0.29) is 18.3 Å². The normalized spacial score (nSPS) is 29.0. The summed E-state index contributed by atoms with van der Waals surface area (Å²) in [5.74, 6) is -0.0136. The SMILES string of the molecule is CN(C)C(=O)c1ccccc1O[C@@H]1OC[C@H](O)[C@H](O)[C@H]1O. The van der Waals surface area contributed by atoms with Gasteiger partial charge in [-0.1, -0.05) is 12.1 Å². The Morgan fingerprint density at radius 2 is 1.90 bits per heavy atom. The molecule has 1 aliphatic heterocycles. The number of benzene rings is 1. The lowest BCUT2D eigenvalue weighted by atomic mass is 10.1. The second kappa shape index (κ2) is 6.40. The smallest absolute Gasteiger partial charge is 0.257 e. The van der Waals surface area contributed by atoms with Crippen molar-refractivity contribution < 1.29 is 29.6 Å². The van der Waals surface area contributed by atoms with Gasteiger partial charge in [-0.2, -0.15) is 0 Å². The van der Waals surface area contributed by atoms with Crippen molar-refractivity contribution in [1.82, 2.24) is 4.90 Å². The summed E-state index contributed by atoms with van der Waals surface area (Å²) in [7, 11) is 3.23. The topological polar surface area (TPSA) is 99.5 Å². The third kappa shape index (κ3) is 3.33. The highest BCUT2D eigenvalue weighted by Gasteiger charge is 2.39. The molecule has 0 spiro atoms. The fourth-order valence-corrected chi connectivity index (χ4v) is 2.00. The number of aliphatic hydroxyl groups excluding tert-OH is 3. The van der Waals surface area contributed by atoms with E-state index in [1.165, 1.54) is 4.90 Å². The zero-order valence-electron chi connectivity index (χ0n) is 11.8. The lowest BCUT2D eigenvalue weighted by Gasteiger charge is -2.35. The van der Waals surface area contributed by atoms with Crippen LogP contribution in [-0.4, -0.2) is 71.4 Å². The van der Waals surface area contributed by atoms with Crippen molar-refractivity contribution in [1.29, 1.82) is 0 Å². The van der Waals surface area contributed by atoms with E-state index < -0.39 is 24.6 Å². The molecule has 0 radical (unpaired) electrons. The molecule has 0 bridgehead atoms. The lowest BCUT2D eigenvalue weighted by molar-refractivity contribution is -0.242. The molecule has 0 aromatic heterocycles. The van der Waals surface area contributed by atoms with Crippen molar-refractivity contribution in [3.05, 3.63) is 29.8 Å². The molecule has 7 nitrogen and oxygen atoms in total. The van der Waals surface area contributed by atoms with Crippen molar-refractivity contribution in [3.8, 4) is 5.75 Å². The molecule has 21 heavy (non-hydrogen) atoms. The molecule has 1 aromatic carbocycles. The number of amides is 1. The Labute approximate surface area is 122 Å². The van der Waals surface area contributed by atoms with Gasteiger partial charge in [0.1, 0.15) is 24.1 Å². The first-order valence-electron chi connectivity index (χ1n) is 6.55. The summed E-state index contributed by atoms with van der Waals surface area (Å²) >= 11 is 0. The zero-order chi connectivity index (χ0) is 15.6. The molecule has 2 rings (SSSR count). The third-order valence-electron chi connectivity index (χ3n) is 3.22. The van der Waals surface area contributed by atoms with Crippen LogP contribution in [0.1, 0.15) is 10.4 Å². The van der Waals surface area contributed by atoms with Gasteiger partial charge in [-0.25, -0.2) is 0 Å². The predicted molar refractivity (Wildman–Crippen MR) is 72.8 cm³/mol. The number of aliphatic hydroxyl groups is 3. The van der Waals surface area contributed by atoms with E-state index in [1.54, 1.807) is 38.4 Å². The molecule has 3 N–H and O–H groups in total.